The molecular weight excluding hydrogens is 1300 g/mol. The lowest BCUT2D eigenvalue weighted by Crippen LogP contribution is -2.80. The van der Waals surface area contributed by atoms with Gasteiger partial charge in [-0.3, -0.25) is 46.3 Å². The van der Waals surface area contributed by atoms with Gasteiger partial charge in [-0.15, -0.1) is 0 Å². The van der Waals surface area contributed by atoms with E-state index in [0.29, 0.717) is 12.8 Å². The molecular formula is C61H90N12O25+2. The predicted octanol–water partition coefficient (Wildman–Crippen LogP) is -13.9. The standard InChI is InChI=1S/C61H88N12O25/c62-60-65-19-34(73(60)57-48(86)45(83)43(81)35(23-75)95-57)42(80)40-55(92)68-33(22-74)52(89)64-20-38(78)66-30(17-27-9-5-2-6-10-27)53(90)67-31(54(91)70-39(56(93)71-40)41(79)32-21-72(61(63)69-32)16-15-26-7-3-1-4-8-26)18-28-11-13-29(14-12-28)94-58-50(88)47(85)51(37(25-77)97-58)98-59-49(87)46(84)44(82)36(24-76)96-59/h1,3-4,7-8,11-16,27,30-37,39-51,57-59,74-77,79-88H,2,5-6,9-10,17-25H2,(H10,62,63,64,65,66,67,68,69,70,71,78,89,90,91,92,93)/p+2/b16-15-/t30-,31+,32-,33-,34-,35+,36+,37+,39-,40+,41+,42+,43+,44+,45-,46-,47+,48-,49-,50-,51+,57-,58-,59+/m0/s1. The zero-order valence-corrected chi connectivity index (χ0v) is 53.0. The molecule has 0 bridgehead atoms. The van der Waals surface area contributed by atoms with Crippen molar-refractivity contribution in [2.75, 3.05) is 46.1 Å². The third-order valence-electron chi connectivity index (χ3n) is 18.5. The molecule has 2 aromatic carbocycles. The van der Waals surface area contributed by atoms with Gasteiger partial charge in [0, 0.05) is 12.3 Å². The third-order valence-corrected chi connectivity index (χ3v) is 18.5. The SMILES string of the molecule is NC1=[N+](/C=C\c2ccccc2)C[C@@H]([C@@H](O)[C@@H]2NC(=O)[C@@H](Cc3ccc(O[C@H]4O[C@H](CO)[C@@H](O[C@H]5O[C@H](CO)[C@@H](O)[C@H](O)[C@@H]5O)[C@H](O)[C@@H]4O)cc3)NC(=O)[C@H](CC3CCCCC3)N=C([O-])C[NH+]=C(O)[C@H](CO)NC(=O)[C@@H]([C@H](O)[C@@H]3CNC(N)=[N+]3[C@H]3O[C@H](CO)[C@@H](O)[C@H](O)[C@@H]3O)NC2=O)N1. The van der Waals surface area contributed by atoms with Crippen molar-refractivity contribution in [1.29, 1.82) is 0 Å². The summed E-state index contributed by atoms with van der Waals surface area (Å²) >= 11 is 0. The van der Waals surface area contributed by atoms with Crippen LogP contribution in [0, 0.1) is 5.92 Å². The van der Waals surface area contributed by atoms with Gasteiger partial charge in [0.05, 0.1) is 32.6 Å². The molecule has 37 nitrogen and oxygen atoms in total. The number of carbonyl (C=O) groups excluding carboxylic acids is 4. The minimum absolute atomic E-state index is 0.00615. The van der Waals surface area contributed by atoms with Crippen molar-refractivity contribution in [2.24, 2.45) is 22.4 Å². The molecule has 0 unspecified atom stereocenters. The van der Waals surface area contributed by atoms with Crippen LogP contribution in [0.25, 0.3) is 6.08 Å². The fourth-order valence-electron chi connectivity index (χ4n) is 12.9. The number of ether oxygens (including phenoxy) is 5. The third kappa shape index (κ3) is 17.4. The molecule has 0 aromatic heterocycles. The van der Waals surface area contributed by atoms with Crippen molar-refractivity contribution in [1.82, 2.24) is 31.9 Å². The van der Waals surface area contributed by atoms with E-state index in [9.17, 15) is 91.3 Å². The van der Waals surface area contributed by atoms with Gasteiger partial charge in [0.15, 0.2) is 18.9 Å². The van der Waals surface area contributed by atoms with E-state index in [1.54, 1.807) is 42.6 Å². The van der Waals surface area contributed by atoms with Crippen LogP contribution in [0.5, 0.6) is 5.75 Å². The minimum atomic E-state index is -2.31. The van der Waals surface area contributed by atoms with Gasteiger partial charge in [0.1, 0.15) is 141 Å². The molecule has 542 valence electrons. The van der Waals surface area contributed by atoms with Crippen LogP contribution in [0.15, 0.2) is 65.8 Å². The highest BCUT2D eigenvalue weighted by Gasteiger charge is 2.55. The van der Waals surface area contributed by atoms with Crippen molar-refractivity contribution in [3.8, 4) is 5.75 Å². The molecule has 0 radical (unpaired) electrons. The highest BCUT2D eigenvalue weighted by atomic mass is 16.7. The number of nitrogens with zero attached hydrogens (tertiary/aromatic N) is 3. The van der Waals surface area contributed by atoms with Crippen LogP contribution in [-0.2, 0) is 44.5 Å². The average molecular weight is 1390 g/mol. The molecule has 1 aliphatic carbocycles. The normalized spacial score (nSPS) is 36.7. The molecule has 24 atom stereocenters. The number of amides is 4. The zero-order valence-electron chi connectivity index (χ0n) is 53.0. The number of aliphatic hydroxyl groups excluding tert-OH is 15. The summed E-state index contributed by atoms with van der Waals surface area (Å²) in [5, 5.41) is 193. The number of aliphatic hydroxyl groups is 15. The number of aliphatic imine (C=N–C) groups is 1. The Morgan fingerprint density at radius 1 is 0.653 bits per heavy atom. The fourth-order valence-corrected chi connectivity index (χ4v) is 12.9. The first-order chi connectivity index (χ1) is 46.8. The van der Waals surface area contributed by atoms with Gasteiger partial charge in [-0.1, -0.05) is 74.6 Å². The molecule has 0 spiro atoms. The highest BCUT2D eigenvalue weighted by Crippen LogP contribution is 2.32. The minimum Gasteiger partial charge on any atom is -0.858 e. The van der Waals surface area contributed by atoms with E-state index < -0.39 is 228 Å². The van der Waals surface area contributed by atoms with Gasteiger partial charge in [0.25, 0.3) is 0 Å². The van der Waals surface area contributed by atoms with Crippen molar-refractivity contribution >= 4 is 53.4 Å². The lowest BCUT2D eigenvalue weighted by molar-refractivity contribution is -0.663. The Hall–Kier alpha value is -7.38. The van der Waals surface area contributed by atoms with Gasteiger partial charge < -0.3 is 127 Å². The summed E-state index contributed by atoms with van der Waals surface area (Å²) in [6, 6.07) is 1.99. The topological polar surface area (TPSA) is 598 Å². The summed E-state index contributed by atoms with van der Waals surface area (Å²) in [7, 11) is 0. The molecule has 37 heteroatoms. The van der Waals surface area contributed by atoms with E-state index >= 15 is 9.59 Å². The Balaban J connectivity index is 1.05. The Morgan fingerprint density at radius 2 is 1.26 bits per heavy atom. The highest BCUT2D eigenvalue weighted by molar-refractivity contribution is 5.97. The smallest absolute Gasteiger partial charge is 0.358 e. The van der Waals surface area contributed by atoms with E-state index in [1.807, 2.05) is 0 Å². The zero-order chi connectivity index (χ0) is 70.8. The van der Waals surface area contributed by atoms with Crippen LogP contribution in [0.3, 0.4) is 0 Å². The fraction of sp³-hybridized carbons (Fsp3) is 0.639. The van der Waals surface area contributed by atoms with Gasteiger partial charge in [-0.05, 0) is 41.7 Å². The molecule has 3 saturated heterocycles. The maximum absolute atomic E-state index is 15.4. The van der Waals surface area contributed by atoms with E-state index in [1.165, 1.54) is 28.8 Å². The van der Waals surface area contributed by atoms with Gasteiger partial charge in [-0.25, -0.2) is 14.1 Å². The second-order valence-electron chi connectivity index (χ2n) is 25.2. The molecule has 26 N–H and O–H groups in total. The Bertz CT molecular complexity index is 3200. The summed E-state index contributed by atoms with van der Waals surface area (Å²) < 4.78 is 31.0. The molecule has 6 aliphatic heterocycles. The van der Waals surface area contributed by atoms with Crippen molar-refractivity contribution < 1.29 is 139 Å². The number of hydrogen-bond acceptors (Lipinski definition) is 29. The molecule has 7 aliphatic rings. The Morgan fingerprint density at radius 3 is 1.92 bits per heavy atom. The summed E-state index contributed by atoms with van der Waals surface area (Å²) in [4.78, 5) is 67.1. The lowest BCUT2D eigenvalue weighted by Gasteiger charge is -2.45. The average Bonchev–Trinajstić information content (AvgIpc) is 1.47. The number of rotatable bonds is 19. The predicted molar refractivity (Wildman–Crippen MR) is 332 cm³/mol. The van der Waals surface area contributed by atoms with Crippen molar-refractivity contribution in [3.63, 3.8) is 0 Å². The van der Waals surface area contributed by atoms with E-state index in [-0.39, 0.29) is 42.1 Å². The van der Waals surface area contributed by atoms with E-state index in [4.69, 9.17) is 35.2 Å². The molecule has 98 heavy (non-hydrogen) atoms. The van der Waals surface area contributed by atoms with Gasteiger partial charge >= 0.3 is 17.8 Å². The monoisotopic (exact) mass is 1390 g/mol. The second-order valence-corrected chi connectivity index (χ2v) is 25.2. The summed E-state index contributed by atoms with van der Waals surface area (Å²) in [6.45, 7) is -5.11. The summed E-state index contributed by atoms with van der Waals surface area (Å²) in [6.07, 6.45) is -24.4. The van der Waals surface area contributed by atoms with Crippen molar-refractivity contribution in [2.45, 2.75) is 192 Å². The number of nitrogens with two attached hydrogens (primary N) is 2. The molecule has 9 rings (SSSR count). The maximum atomic E-state index is 15.4. The van der Waals surface area contributed by atoms with Crippen LogP contribution in [0.4, 0.5) is 0 Å². The lowest BCUT2D eigenvalue weighted by atomic mass is 9.84. The van der Waals surface area contributed by atoms with Gasteiger partial charge in [-0.2, -0.15) is 0 Å². The van der Waals surface area contributed by atoms with Crippen molar-refractivity contribution in [3.05, 3.63) is 71.9 Å². The van der Waals surface area contributed by atoms with Crippen LogP contribution in [0.1, 0.15) is 49.7 Å². The first-order valence-corrected chi connectivity index (χ1v) is 32.2. The number of nitrogens with one attached hydrogen (secondary N) is 7. The number of carbonyl (C=O) groups is 4. The van der Waals surface area contributed by atoms with Gasteiger partial charge in [0.2, 0.25) is 36.1 Å². The molecule has 1 saturated carbocycles. The number of hydrogen-bond donors (Lipinski definition) is 24. The Kier molecular flexibility index (Phi) is 25.7. The molecule has 4 fully saturated rings. The van der Waals surface area contributed by atoms with E-state index in [0.717, 1.165) is 29.4 Å². The largest absolute Gasteiger partial charge is 0.858 e. The summed E-state index contributed by atoms with van der Waals surface area (Å²) in [5.74, 6) is -7.44. The van der Waals surface area contributed by atoms with Crippen LogP contribution >= 0.6 is 0 Å². The first kappa shape index (κ1) is 74.8. The summed E-state index contributed by atoms with van der Waals surface area (Å²) in [5.41, 5.74) is 13.8. The number of guanidine groups is 2. The maximum Gasteiger partial charge on any atom is 0.358 e. The Labute approximate surface area is 560 Å². The molecule has 6 heterocycles. The number of benzene rings is 2. The van der Waals surface area contributed by atoms with Crippen LogP contribution < -0.4 is 58.2 Å². The van der Waals surface area contributed by atoms with Crippen LogP contribution in [0.2, 0.25) is 0 Å². The second kappa shape index (κ2) is 33.7. The molecule has 2 aromatic rings. The van der Waals surface area contributed by atoms with Crippen LogP contribution in [-0.4, -0.2) is 326 Å². The molecule has 4 amide bonds. The first-order valence-electron chi connectivity index (χ1n) is 32.2. The quantitative estimate of drug-likeness (QED) is 0.0581. The van der Waals surface area contributed by atoms with E-state index in [2.05, 4.69) is 41.9 Å².